The number of benzene rings is 1. The number of anilines is 1. The first kappa shape index (κ1) is 14.0. The van der Waals surface area contributed by atoms with Crippen molar-refractivity contribution in [2.75, 3.05) is 5.32 Å². The molecule has 0 aliphatic heterocycles. The molecule has 0 atom stereocenters. The Hall–Kier alpha value is -1.39. The maximum Gasteiger partial charge on any atom is 0.171 e. The van der Waals surface area contributed by atoms with Crippen molar-refractivity contribution < 1.29 is 0 Å². The van der Waals surface area contributed by atoms with E-state index in [4.69, 9.17) is 12.2 Å². The zero-order chi connectivity index (χ0) is 13.8. The smallest absolute Gasteiger partial charge is 0.171 e. The molecule has 4 heteroatoms. The largest absolute Gasteiger partial charge is 0.358 e. The molecule has 0 saturated heterocycles. The van der Waals surface area contributed by atoms with Gasteiger partial charge < -0.3 is 10.6 Å². The van der Waals surface area contributed by atoms with Crippen LogP contribution in [0.5, 0.6) is 0 Å². The standard InChI is InChI=1S/C15H18N2S2/c1-10-7-12(3)14(8-11(10)2)17-15(18)16-9-13-5-4-6-19-13/h4-8H,9H2,1-3H3,(H2,16,17,18). The van der Waals surface area contributed by atoms with Crippen molar-refractivity contribution in [3.05, 3.63) is 51.2 Å². The van der Waals surface area contributed by atoms with Gasteiger partial charge in [-0.2, -0.15) is 0 Å². The third-order valence-electron chi connectivity index (χ3n) is 3.09. The van der Waals surface area contributed by atoms with E-state index in [1.165, 1.54) is 21.6 Å². The summed E-state index contributed by atoms with van der Waals surface area (Å²) in [5.41, 5.74) is 4.87. The van der Waals surface area contributed by atoms with Gasteiger partial charge >= 0.3 is 0 Å². The van der Waals surface area contributed by atoms with Crippen molar-refractivity contribution in [1.82, 2.24) is 5.32 Å². The van der Waals surface area contributed by atoms with Gasteiger partial charge in [-0.05, 0) is 67.2 Å². The quantitative estimate of drug-likeness (QED) is 0.830. The lowest BCUT2D eigenvalue weighted by molar-refractivity contribution is 0.946. The summed E-state index contributed by atoms with van der Waals surface area (Å²) in [5.74, 6) is 0. The fraction of sp³-hybridized carbons (Fsp3) is 0.267. The van der Waals surface area contributed by atoms with Gasteiger partial charge in [0.25, 0.3) is 0 Å². The van der Waals surface area contributed by atoms with E-state index in [-0.39, 0.29) is 0 Å². The molecule has 2 N–H and O–H groups in total. The lowest BCUT2D eigenvalue weighted by atomic mass is 10.1. The highest BCUT2D eigenvalue weighted by Gasteiger charge is 2.04. The fourth-order valence-corrected chi connectivity index (χ4v) is 2.67. The minimum atomic E-state index is 0.666. The maximum absolute atomic E-state index is 5.33. The summed E-state index contributed by atoms with van der Waals surface area (Å²) in [4.78, 5) is 1.28. The predicted octanol–water partition coefficient (Wildman–Crippen LogP) is 4.16. The summed E-state index contributed by atoms with van der Waals surface area (Å²) in [6, 6.07) is 8.47. The molecule has 0 bridgehead atoms. The van der Waals surface area contributed by atoms with Crippen molar-refractivity contribution in [2.45, 2.75) is 27.3 Å². The van der Waals surface area contributed by atoms with E-state index in [0.717, 1.165) is 12.2 Å². The highest BCUT2D eigenvalue weighted by molar-refractivity contribution is 7.80. The summed E-state index contributed by atoms with van der Waals surface area (Å²) in [6.07, 6.45) is 0. The topological polar surface area (TPSA) is 24.1 Å². The monoisotopic (exact) mass is 290 g/mol. The molecule has 0 fully saturated rings. The van der Waals surface area contributed by atoms with Crippen LogP contribution in [0.15, 0.2) is 29.6 Å². The first-order valence-electron chi connectivity index (χ1n) is 6.21. The van der Waals surface area contributed by atoms with Crippen LogP contribution in [0.3, 0.4) is 0 Å². The Kier molecular flexibility index (Phi) is 4.56. The molecular formula is C15H18N2S2. The van der Waals surface area contributed by atoms with Crippen molar-refractivity contribution in [1.29, 1.82) is 0 Å². The summed E-state index contributed by atoms with van der Waals surface area (Å²) >= 11 is 7.06. The van der Waals surface area contributed by atoms with E-state index in [2.05, 4.69) is 55.0 Å². The Balaban J connectivity index is 1.97. The molecule has 19 heavy (non-hydrogen) atoms. The third-order valence-corrected chi connectivity index (χ3v) is 4.21. The Morgan fingerprint density at radius 3 is 2.58 bits per heavy atom. The van der Waals surface area contributed by atoms with Gasteiger partial charge in [-0.1, -0.05) is 12.1 Å². The van der Waals surface area contributed by atoms with E-state index in [1.807, 2.05) is 6.07 Å². The molecule has 0 radical (unpaired) electrons. The Morgan fingerprint density at radius 1 is 1.16 bits per heavy atom. The van der Waals surface area contributed by atoms with Crippen LogP contribution in [-0.4, -0.2) is 5.11 Å². The van der Waals surface area contributed by atoms with E-state index in [9.17, 15) is 0 Å². The fourth-order valence-electron chi connectivity index (χ4n) is 1.84. The second kappa shape index (κ2) is 6.17. The van der Waals surface area contributed by atoms with E-state index >= 15 is 0 Å². The number of aryl methyl sites for hydroxylation is 3. The average molecular weight is 290 g/mol. The van der Waals surface area contributed by atoms with Crippen LogP contribution in [0.4, 0.5) is 5.69 Å². The lowest BCUT2D eigenvalue weighted by Crippen LogP contribution is -2.27. The summed E-state index contributed by atoms with van der Waals surface area (Å²) in [5, 5.41) is 9.23. The molecule has 0 saturated carbocycles. The summed E-state index contributed by atoms with van der Waals surface area (Å²) < 4.78 is 0. The molecule has 0 aliphatic rings. The molecule has 0 spiro atoms. The Labute approximate surface area is 123 Å². The van der Waals surface area contributed by atoms with Crippen LogP contribution < -0.4 is 10.6 Å². The Morgan fingerprint density at radius 2 is 1.89 bits per heavy atom. The van der Waals surface area contributed by atoms with Gasteiger partial charge in [0.1, 0.15) is 0 Å². The number of hydrogen-bond donors (Lipinski definition) is 2. The van der Waals surface area contributed by atoms with Crippen molar-refractivity contribution >= 4 is 34.4 Å². The molecule has 0 unspecified atom stereocenters. The van der Waals surface area contributed by atoms with Crippen LogP contribution in [0, 0.1) is 20.8 Å². The van der Waals surface area contributed by atoms with Gasteiger partial charge in [0.2, 0.25) is 0 Å². The zero-order valence-corrected chi connectivity index (χ0v) is 13.0. The van der Waals surface area contributed by atoms with Crippen molar-refractivity contribution in [3.8, 4) is 0 Å². The van der Waals surface area contributed by atoms with Crippen molar-refractivity contribution in [2.24, 2.45) is 0 Å². The van der Waals surface area contributed by atoms with Crippen LogP contribution in [0.1, 0.15) is 21.6 Å². The van der Waals surface area contributed by atoms with Gasteiger partial charge in [-0.3, -0.25) is 0 Å². The third kappa shape index (κ3) is 3.78. The van der Waals surface area contributed by atoms with Crippen LogP contribution >= 0.6 is 23.6 Å². The van der Waals surface area contributed by atoms with Gasteiger partial charge in [0, 0.05) is 10.6 Å². The van der Waals surface area contributed by atoms with E-state index in [1.54, 1.807) is 11.3 Å². The normalized spacial score (nSPS) is 10.3. The summed E-state index contributed by atoms with van der Waals surface area (Å²) in [6.45, 7) is 7.10. The van der Waals surface area contributed by atoms with Crippen LogP contribution in [-0.2, 0) is 6.54 Å². The molecule has 1 heterocycles. The number of thiocarbonyl (C=S) groups is 1. The lowest BCUT2D eigenvalue weighted by Gasteiger charge is -2.14. The minimum absolute atomic E-state index is 0.666. The average Bonchev–Trinajstić information content (AvgIpc) is 2.86. The molecule has 100 valence electrons. The second-order valence-corrected chi connectivity index (χ2v) is 6.08. The molecule has 0 amide bonds. The van der Waals surface area contributed by atoms with Gasteiger partial charge in [-0.25, -0.2) is 0 Å². The predicted molar refractivity (Wildman–Crippen MR) is 88.0 cm³/mol. The SMILES string of the molecule is Cc1cc(C)c(NC(=S)NCc2cccs2)cc1C. The minimum Gasteiger partial charge on any atom is -0.358 e. The second-order valence-electron chi connectivity index (χ2n) is 4.64. The highest BCUT2D eigenvalue weighted by Crippen LogP contribution is 2.20. The number of thiophene rings is 1. The van der Waals surface area contributed by atoms with E-state index < -0.39 is 0 Å². The van der Waals surface area contributed by atoms with Crippen LogP contribution in [0.2, 0.25) is 0 Å². The van der Waals surface area contributed by atoms with Gasteiger partial charge in [-0.15, -0.1) is 11.3 Å². The molecule has 2 rings (SSSR count). The summed E-state index contributed by atoms with van der Waals surface area (Å²) in [7, 11) is 0. The number of rotatable bonds is 3. The first-order chi connectivity index (χ1) is 9.06. The van der Waals surface area contributed by atoms with Crippen molar-refractivity contribution in [3.63, 3.8) is 0 Å². The highest BCUT2D eigenvalue weighted by atomic mass is 32.1. The van der Waals surface area contributed by atoms with E-state index in [0.29, 0.717) is 5.11 Å². The molecule has 2 nitrogen and oxygen atoms in total. The van der Waals surface area contributed by atoms with Crippen LogP contribution in [0.25, 0.3) is 0 Å². The zero-order valence-electron chi connectivity index (χ0n) is 11.4. The number of hydrogen-bond acceptors (Lipinski definition) is 2. The molecule has 1 aromatic carbocycles. The van der Waals surface area contributed by atoms with Gasteiger partial charge in [0.15, 0.2) is 5.11 Å². The first-order valence-corrected chi connectivity index (χ1v) is 7.50. The molecular weight excluding hydrogens is 272 g/mol. The maximum atomic E-state index is 5.33. The molecule has 1 aromatic heterocycles. The Bertz CT molecular complexity index is 574. The molecule has 2 aromatic rings. The number of nitrogens with one attached hydrogen (secondary N) is 2. The molecule has 0 aliphatic carbocycles. The van der Waals surface area contributed by atoms with Gasteiger partial charge in [0.05, 0.1) is 6.54 Å².